The summed E-state index contributed by atoms with van der Waals surface area (Å²) in [6, 6.07) is -0.338. The third kappa shape index (κ3) is 4.17. The van der Waals surface area contributed by atoms with Crippen LogP contribution in [0.15, 0.2) is 12.3 Å². The number of rotatable bonds is 3. The maximum absolute atomic E-state index is 13.1. The van der Waals surface area contributed by atoms with Crippen LogP contribution in [0.2, 0.25) is 0 Å². The minimum absolute atomic E-state index is 0. The van der Waals surface area contributed by atoms with Crippen molar-refractivity contribution in [2.45, 2.75) is 54.0 Å². The number of methoxy groups -OCH3 is 1. The van der Waals surface area contributed by atoms with Crippen LogP contribution in [-0.2, 0) is 16.0 Å². The van der Waals surface area contributed by atoms with Crippen molar-refractivity contribution in [2.24, 2.45) is 17.8 Å². The maximum atomic E-state index is 13.1. The van der Waals surface area contributed by atoms with E-state index in [2.05, 4.69) is 58.3 Å². The van der Waals surface area contributed by atoms with Crippen LogP contribution in [0, 0.1) is 38.5 Å². The Kier molecular flexibility index (Phi) is 7.45. The van der Waals surface area contributed by atoms with E-state index in [1.807, 2.05) is 19.1 Å². The smallest absolute Gasteiger partial charge is 0.681 e. The van der Waals surface area contributed by atoms with Crippen molar-refractivity contribution < 1.29 is 14.6 Å². The molecule has 8 heteroatoms. The normalized spacial score (nSPS) is 25.3. The molecule has 3 aromatic rings. The zero-order chi connectivity index (χ0) is 28.6. The van der Waals surface area contributed by atoms with E-state index in [0.717, 1.165) is 62.2 Å². The van der Waals surface area contributed by atoms with E-state index in [4.69, 9.17) is 20.0 Å². The molecule has 1 saturated heterocycles. The molecule has 1 fully saturated rings. The number of nitrogens with zero attached hydrogens (tertiary/aromatic N) is 3. The molecule has 6 rings (SSSR count). The van der Waals surface area contributed by atoms with Gasteiger partial charge < -0.3 is 30.1 Å². The molecule has 208 valence electrons. The number of H-pyrrole nitrogens is 1. The molecule has 0 saturated carbocycles. The molecule has 4 atom stereocenters. The van der Waals surface area contributed by atoms with Crippen LogP contribution in [0.5, 0.6) is 0 Å². The number of esters is 1. The van der Waals surface area contributed by atoms with Crippen LogP contribution in [0.4, 0.5) is 0 Å². The van der Waals surface area contributed by atoms with Crippen molar-refractivity contribution in [2.75, 3.05) is 7.11 Å². The van der Waals surface area contributed by atoms with Gasteiger partial charge in [-0.3, -0.25) is 4.79 Å². The Hall–Kier alpha value is -3.36. The Morgan fingerprint density at radius 2 is 1.73 bits per heavy atom. The number of aromatic nitrogens is 3. The van der Waals surface area contributed by atoms with Gasteiger partial charge >= 0.3 is 29.0 Å². The number of aliphatic hydroxyl groups excluding tert-OH is 1. The minimum atomic E-state index is -0.922. The SMILES string of the molecule is C=Cc1c2[n-]c(c1C)/C=C1/[N-]C(C3=c4[n-]c(c(C)c4=C(O)[C@@H]3C(=O)OC)/C=c3\[nH]/c(c(C)c3CC)=C\2)[C@@H](C)[C@@H]1C.[Mg+2]. The molecule has 0 aromatic carbocycles. The van der Waals surface area contributed by atoms with Crippen LogP contribution < -0.4 is 31.2 Å². The van der Waals surface area contributed by atoms with Gasteiger partial charge in [0, 0.05) is 15.9 Å². The van der Waals surface area contributed by atoms with Gasteiger partial charge in [0.05, 0.1) is 7.11 Å². The number of aromatic amines is 1. The van der Waals surface area contributed by atoms with Crippen LogP contribution in [0.3, 0.4) is 0 Å². The third-order valence-electron chi connectivity index (χ3n) is 9.30. The number of nitrogens with one attached hydrogen (secondary N) is 1. The number of hydrogen-bond donors (Lipinski definition) is 2. The standard InChI is InChI=1S/C33H35N4O3.Mg/c1-9-19-16(5)22-11-21-14(3)15(4)30(36-21)28-29(33(39)40-8)32(38)27-18(7)24(37-31(27)28)13-26-20(10-2)17(6)23(35-26)12-25(19)34-22;/h9,11-15,29-30,35,38H,1,10H2,2-8H3;/q-3;+2/b21-11+,23-12-,26-13-;/t14-,15-,29+,30?;/m0./s1. The zero-order valence-corrected chi connectivity index (χ0v) is 26.3. The van der Waals surface area contributed by atoms with E-state index in [-0.39, 0.29) is 46.7 Å². The summed E-state index contributed by atoms with van der Waals surface area (Å²) in [5, 5.41) is 19.9. The van der Waals surface area contributed by atoms with Crippen molar-refractivity contribution in [1.82, 2.24) is 15.0 Å². The van der Waals surface area contributed by atoms with Crippen LogP contribution >= 0.6 is 0 Å². The fourth-order valence-corrected chi connectivity index (χ4v) is 6.71. The molecule has 5 heterocycles. The Morgan fingerprint density at radius 3 is 2.39 bits per heavy atom. The number of ether oxygens (including phenoxy) is 1. The second-order valence-electron chi connectivity index (χ2n) is 11.3. The Balaban J connectivity index is 0.00000337. The summed E-state index contributed by atoms with van der Waals surface area (Å²) >= 11 is 0. The van der Waals surface area contributed by atoms with E-state index < -0.39 is 11.9 Å². The summed E-state index contributed by atoms with van der Waals surface area (Å²) < 4.78 is 5.17. The van der Waals surface area contributed by atoms with Gasteiger partial charge in [-0.1, -0.05) is 74.4 Å². The Bertz CT molecular complexity index is 1880. The molecule has 2 aliphatic heterocycles. The van der Waals surface area contributed by atoms with Crippen molar-refractivity contribution in [3.8, 4) is 0 Å². The molecular weight excluding hydrogens is 525 g/mol. The van der Waals surface area contributed by atoms with Gasteiger partial charge in [0.15, 0.2) is 0 Å². The number of carbonyl (C=O) groups is 1. The van der Waals surface area contributed by atoms with Crippen LogP contribution in [-0.4, -0.2) is 52.3 Å². The summed E-state index contributed by atoms with van der Waals surface area (Å²) in [6.45, 7) is 16.6. The molecule has 0 amide bonds. The molecule has 1 unspecified atom stereocenters. The average Bonchev–Trinajstić information content (AvgIpc) is 3.66. The molecule has 3 aliphatic rings. The molecule has 0 spiro atoms. The zero-order valence-electron chi connectivity index (χ0n) is 24.8. The van der Waals surface area contributed by atoms with Crippen molar-refractivity contribution in [3.63, 3.8) is 0 Å². The van der Waals surface area contributed by atoms with Crippen molar-refractivity contribution >= 4 is 64.7 Å². The molecular formula is C33H35MgN4O3-. The Morgan fingerprint density at radius 1 is 1.05 bits per heavy atom. The quantitative estimate of drug-likeness (QED) is 0.379. The summed E-state index contributed by atoms with van der Waals surface area (Å²) in [5.74, 6) is -1.24. The number of hydrogen-bond acceptors (Lipinski definition) is 3. The van der Waals surface area contributed by atoms with E-state index >= 15 is 0 Å². The van der Waals surface area contributed by atoms with Crippen molar-refractivity contribution in [3.05, 3.63) is 83.8 Å². The Labute approximate surface area is 256 Å². The first kappa shape index (κ1) is 29.1. The summed E-state index contributed by atoms with van der Waals surface area (Å²) in [6.07, 6.45) is 8.92. The fourth-order valence-electron chi connectivity index (χ4n) is 6.71. The predicted molar refractivity (Wildman–Crippen MR) is 164 cm³/mol. The molecule has 0 radical (unpaired) electrons. The van der Waals surface area contributed by atoms with E-state index in [9.17, 15) is 9.90 Å². The molecule has 2 N–H and O–H groups in total. The summed E-state index contributed by atoms with van der Waals surface area (Å²) in [7, 11) is 1.35. The second-order valence-corrected chi connectivity index (χ2v) is 11.3. The van der Waals surface area contributed by atoms with Gasteiger partial charge in [-0.15, -0.1) is 22.4 Å². The van der Waals surface area contributed by atoms with Crippen molar-refractivity contribution in [1.29, 1.82) is 0 Å². The number of allylic oxidation sites excluding steroid dienone is 1. The van der Waals surface area contributed by atoms with Gasteiger partial charge in [-0.2, -0.15) is 5.70 Å². The first-order valence-corrected chi connectivity index (χ1v) is 13.9. The van der Waals surface area contributed by atoms with E-state index in [1.54, 1.807) is 0 Å². The molecule has 7 nitrogen and oxygen atoms in total. The van der Waals surface area contributed by atoms with Crippen LogP contribution in [0.1, 0.15) is 65.7 Å². The molecule has 8 bridgehead atoms. The predicted octanol–water partition coefficient (Wildman–Crippen LogP) is 2.34. The first-order chi connectivity index (χ1) is 19.1. The summed E-state index contributed by atoms with van der Waals surface area (Å²) in [5.41, 5.74) is 9.36. The van der Waals surface area contributed by atoms with E-state index in [0.29, 0.717) is 16.1 Å². The monoisotopic (exact) mass is 559 g/mol. The van der Waals surface area contributed by atoms with Gasteiger partial charge in [-0.05, 0) is 55.7 Å². The first-order valence-electron chi connectivity index (χ1n) is 13.9. The molecule has 3 aromatic heterocycles. The topological polar surface area (TPSA) is 105 Å². The van der Waals surface area contributed by atoms with Gasteiger partial charge in [-0.25, -0.2) is 0 Å². The van der Waals surface area contributed by atoms with Gasteiger partial charge in [0.1, 0.15) is 11.7 Å². The maximum Gasteiger partial charge on any atom is 2.00 e. The van der Waals surface area contributed by atoms with E-state index in [1.165, 1.54) is 12.7 Å². The summed E-state index contributed by atoms with van der Waals surface area (Å²) in [4.78, 5) is 26.8. The number of aliphatic hydroxyl groups is 1. The minimum Gasteiger partial charge on any atom is -0.681 e. The fraction of sp³-hybridized carbons (Fsp3) is 0.364. The third-order valence-corrected chi connectivity index (χ3v) is 9.30. The number of fused-ring (bicyclic) bond motifs is 8. The largest absolute Gasteiger partial charge is 2.00 e. The number of carbonyl (C=O) groups excluding carboxylic acids is 1. The van der Waals surface area contributed by atoms with Gasteiger partial charge in [0.25, 0.3) is 0 Å². The van der Waals surface area contributed by atoms with Gasteiger partial charge in [0.2, 0.25) is 0 Å². The second kappa shape index (κ2) is 10.5. The molecule has 1 aliphatic carbocycles. The molecule has 41 heavy (non-hydrogen) atoms. The van der Waals surface area contributed by atoms with Crippen LogP contribution in [0.25, 0.3) is 41.0 Å². The average molecular weight is 560 g/mol.